The van der Waals surface area contributed by atoms with Crippen LogP contribution in [0.25, 0.3) is 11.3 Å². The number of rotatable bonds is 5. The first-order valence-corrected chi connectivity index (χ1v) is 6.09. The molecule has 0 aliphatic heterocycles. The van der Waals surface area contributed by atoms with Crippen molar-refractivity contribution in [2.24, 2.45) is 0 Å². The lowest BCUT2D eigenvalue weighted by atomic mass is 10.1. The van der Waals surface area contributed by atoms with Gasteiger partial charge in [0, 0.05) is 11.1 Å². The smallest absolute Gasteiger partial charge is 0.344 e. The molecule has 0 bridgehead atoms. The monoisotopic (exact) mass is 281 g/mol. The minimum Gasteiger partial charge on any atom is -0.479 e. The summed E-state index contributed by atoms with van der Waals surface area (Å²) in [6.07, 6.45) is 0.935. The second-order valence-corrected chi connectivity index (χ2v) is 4.31. The van der Waals surface area contributed by atoms with Gasteiger partial charge in [0.2, 0.25) is 0 Å². The summed E-state index contributed by atoms with van der Waals surface area (Å²) in [5.41, 5.74) is 0.574. The first-order chi connectivity index (χ1) is 9.11. The third-order valence-corrected chi connectivity index (χ3v) is 2.80. The third kappa shape index (κ3) is 3.06. The van der Waals surface area contributed by atoms with Gasteiger partial charge in [-0.2, -0.15) is 0 Å². The van der Waals surface area contributed by atoms with Gasteiger partial charge in [-0.15, -0.1) is 0 Å². The highest BCUT2D eigenvalue weighted by Gasteiger charge is 2.20. The molecule has 6 heteroatoms. The van der Waals surface area contributed by atoms with Gasteiger partial charge in [0.25, 0.3) is 0 Å². The van der Waals surface area contributed by atoms with Gasteiger partial charge >= 0.3 is 5.97 Å². The second kappa shape index (κ2) is 5.75. The molecule has 0 saturated carbocycles. The van der Waals surface area contributed by atoms with E-state index in [0.717, 1.165) is 0 Å². The predicted octanol–water partition coefficient (Wildman–Crippen LogP) is 3.24. The highest BCUT2D eigenvalue weighted by molar-refractivity contribution is 6.30. The van der Waals surface area contributed by atoms with Crippen molar-refractivity contribution < 1.29 is 19.2 Å². The number of hydrogen-bond acceptors (Lipinski definition) is 4. The van der Waals surface area contributed by atoms with Crippen LogP contribution in [-0.4, -0.2) is 22.3 Å². The van der Waals surface area contributed by atoms with E-state index in [2.05, 4.69) is 5.16 Å². The molecule has 0 spiro atoms. The zero-order chi connectivity index (χ0) is 13.8. The molecule has 0 amide bonds. The quantitative estimate of drug-likeness (QED) is 0.911. The molecule has 1 aromatic heterocycles. The first-order valence-electron chi connectivity index (χ1n) is 5.72. The Morgan fingerprint density at radius 3 is 2.89 bits per heavy atom. The van der Waals surface area contributed by atoms with Crippen LogP contribution in [0, 0.1) is 0 Å². The van der Waals surface area contributed by atoms with E-state index in [1.54, 1.807) is 31.2 Å². The molecule has 0 radical (unpaired) electrons. The summed E-state index contributed by atoms with van der Waals surface area (Å²) in [5.74, 6) is -0.144. The highest BCUT2D eigenvalue weighted by Crippen LogP contribution is 2.33. The fourth-order valence-electron chi connectivity index (χ4n) is 1.61. The summed E-state index contributed by atoms with van der Waals surface area (Å²) < 4.78 is 10.5. The molecule has 0 unspecified atom stereocenters. The number of carboxylic acid groups (broad SMARTS) is 1. The zero-order valence-corrected chi connectivity index (χ0v) is 10.9. The first kappa shape index (κ1) is 13.4. The number of ether oxygens (including phenoxy) is 1. The van der Waals surface area contributed by atoms with Gasteiger partial charge in [-0.3, -0.25) is 0 Å². The van der Waals surface area contributed by atoms with Crippen LogP contribution in [0.15, 0.2) is 35.0 Å². The molecular weight excluding hydrogens is 270 g/mol. The van der Waals surface area contributed by atoms with Gasteiger partial charge in [0.15, 0.2) is 11.9 Å². The van der Waals surface area contributed by atoms with Crippen LogP contribution in [0.5, 0.6) is 5.75 Å². The maximum absolute atomic E-state index is 11.0. The molecule has 1 heterocycles. The van der Waals surface area contributed by atoms with Crippen molar-refractivity contribution in [3.63, 3.8) is 0 Å². The number of hydrogen-bond donors (Lipinski definition) is 1. The maximum atomic E-state index is 11.0. The Morgan fingerprint density at radius 2 is 2.32 bits per heavy atom. The van der Waals surface area contributed by atoms with Crippen LogP contribution in [0.3, 0.4) is 0 Å². The third-order valence-electron chi connectivity index (χ3n) is 2.56. The average Bonchev–Trinajstić information content (AvgIpc) is 2.90. The average molecular weight is 282 g/mol. The molecule has 19 heavy (non-hydrogen) atoms. The van der Waals surface area contributed by atoms with Crippen molar-refractivity contribution in [3.8, 4) is 17.1 Å². The van der Waals surface area contributed by atoms with Crippen LogP contribution in [0.4, 0.5) is 0 Å². The minimum atomic E-state index is -1.01. The Kier molecular flexibility index (Phi) is 4.06. The normalized spacial score (nSPS) is 12.1. The fraction of sp³-hybridized carbons (Fsp3) is 0.231. The van der Waals surface area contributed by atoms with Gasteiger partial charge in [0.05, 0.1) is 11.8 Å². The Bertz CT molecular complexity index is 568. The van der Waals surface area contributed by atoms with Crippen LogP contribution >= 0.6 is 11.6 Å². The van der Waals surface area contributed by atoms with Crippen molar-refractivity contribution in [2.75, 3.05) is 0 Å². The van der Waals surface area contributed by atoms with E-state index in [-0.39, 0.29) is 0 Å². The van der Waals surface area contributed by atoms with E-state index in [4.69, 9.17) is 26.0 Å². The van der Waals surface area contributed by atoms with Gasteiger partial charge in [-0.05, 0) is 24.6 Å². The molecule has 2 rings (SSSR count). The largest absolute Gasteiger partial charge is 0.479 e. The fourth-order valence-corrected chi connectivity index (χ4v) is 1.79. The van der Waals surface area contributed by atoms with E-state index in [9.17, 15) is 4.79 Å². The van der Waals surface area contributed by atoms with E-state index < -0.39 is 12.1 Å². The van der Waals surface area contributed by atoms with Crippen LogP contribution in [0.1, 0.15) is 13.3 Å². The second-order valence-electron chi connectivity index (χ2n) is 3.87. The van der Waals surface area contributed by atoms with Crippen molar-refractivity contribution in [1.29, 1.82) is 0 Å². The van der Waals surface area contributed by atoms with Gasteiger partial charge in [0.1, 0.15) is 5.75 Å². The molecule has 1 N–H and O–H groups in total. The van der Waals surface area contributed by atoms with E-state index in [1.807, 2.05) is 0 Å². The molecule has 1 atom stereocenters. The molecule has 100 valence electrons. The number of benzene rings is 1. The molecule has 2 aromatic rings. The summed E-state index contributed by atoms with van der Waals surface area (Å²) in [4.78, 5) is 11.0. The van der Waals surface area contributed by atoms with Crippen LogP contribution in [-0.2, 0) is 4.79 Å². The Balaban J connectivity index is 2.37. The topological polar surface area (TPSA) is 72.6 Å². The van der Waals surface area contributed by atoms with Crippen LogP contribution in [0.2, 0.25) is 5.02 Å². The van der Waals surface area contributed by atoms with Crippen molar-refractivity contribution in [1.82, 2.24) is 5.16 Å². The standard InChI is InChI=1S/C13H12ClNO4/c1-2-10(13(16)17)18-11-4-3-8(14)7-9(11)12-5-6-15-19-12/h3-7,10H,2H2,1H3,(H,16,17)/t10-/m0/s1. The summed E-state index contributed by atoms with van der Waals surface area (Å²) in [7, 11) is 0. The van der Waals surface area contributed by atoms with Crippen LogP contribution < -0.4 is 4.74 Å². The molecule has 5 nitrogen and oxygen atoms in total. The number of carboxylic acids is 1. The maximum Gasteiger partial charge on any atom is 0.344 e. The van der Waals surface area contributed by atoms with E-state index in [0.29, 0.717) is 28.5 Å². The molecule has 0 saturated heterocycles. The van der Waals surface area contributed by atoms with Gasteiger partial charge in [-0.25, -0.2) is 4.79 Å². The Labute approximate surface area is 114 Å². The molecule has 0 aliphatic carbocycles. The van der Waals surface area contributed by atoms with E-state index in [1.165, 1.54) is 6.20 Å². The Hall–Kier alpha value is -2.01. The number of nitrogens with zero attached hydrogens (tertiary/aromatic N) is 1. The van der Waals surface area contributed by atoms with Crippen molar-refractivity contribution in [2.45, 2.75) is 19.4 Å². The lowest BCUT2D eigenvalue weighted by Crippen LogP contribution is -2.26. The summed E-state index contributed by atoms with van der Waals surface area (Å²) in [6, 6.07) is 6.54. The molecule has 0 fully saturated rings. The summed E-state index contributed by atoms with van der Waals surface area (Å²) >= 11 is 5.93. The lowest BCUT2D eigenvalue weighted by molar-refractivity contribution is -0.145. The summed E-state index contributed by atoms with van der Waals surface area (Å²) in [5, 5.41) is 13.1. The van der Waals surface area contributed by atoms with Crippen molar-refractivity contribution in [3.05, 3.63) is 35.5 Å². The molecule has 0 aliphatic rings. The number of carbonyl (C=O) groups is 1. The molecule has 1 aromatic carbocycles. The highest BCUT2D eigenvalue weighted by atomic mass is 35.5. The van der Waals surface area contributed by atoms with Gasteiger partial charge in [-0.1, -0.05) is 23.7 Å². The number of aliphatic carboxylic acids is 1. The Morgan fingerprint density at radius 1 is 1.53 bits per heavy atom. The predicted molar refractivity (Wildman–Crippen MR) is 69.3 cm³/mol. The summed E-state index contributed by atoms with van der Waals surface area (Å²) in [6.45, 7) is 1.74. The molecular formula is C13H12ClNO4. The number of halogens is 1. The minimum absolute atomic E-state index is 0.355. The SMILES string of the molecule is CC[C@H](Oc1ccc(Cl)cc1-c1ccno1)C(=O)O. The zero-order valence-electron chi connectivity index (χ0n) is 10.2. The lowest BCUT2D eigenvalue weighted by Gasteiger charge is -2.15. The van der Waals surface area contributed by atoms with E-state index >= 15 is 0 Å². The van der Waals surface area contributed by atoms with Gasteiger partial charge < -0.3 is 14.4 Å². The number of aromatic nitrogens is 1. The van der Waals surface area contributed by atoms with Crippen molar-refractivity contribution >= 4 is 17.6 Å².